The molecule has 1 atom stereocenters. The molecule has 0 bridgehead atoms. The van der Waals surface area contributed by atoms with Gasteiger partial charge in [0.05, 0.1) is 12.8 Å². The van der Waals surface area contributed by atoms with Crippen LogP contribution in [0.1, 0.15) is 16.7 Å². The third-order valence-corrected chi connectivity index (χ3v) is 3.17. The molecule has 2 heterocycles. The van der Waals surface area contributed by atoms with Crippen molar-refractivity contribution in [1.82, 2.24) is 4.98 Å². The predicted octanol–water partition coefficient (Wildman–Crippen LogP) is 2.43. The average Bonchev–Trinajstić information content (AvgIpc) is 2.82. The standard InChI is InChI=1S/C12H13NO2S/c1-15-12-6-2-5-10(13-12)11(14)8-9-4-3-7-16-9/h2-7,11,14H,8H2,1H3. The first kappa shape index (κ1) is 11.1. The minimum Gasteiger partial charge on any atom is -0.481 e. The van der Waals surface area contributed by atoms with Gasteiger partial charge in [-0.15, -0.1) is 11.3 Å². The maximum atomic E-state index is 10.0. The number of rotatable bonds is 4. The highest BCUT2D eigenvalue weighted by Crippen LogP contribution is 2.21. The maximum Gasteiger partial charge on any atom is 0.213 e. The van der Waals surface area contributed by atoms with Crippen LogP contribution in [0.3, 0.4) is 0 Å². The molecule has 0 saturated heterocycles. The van der Waals surface area contributed by atoms with E-state index < -0.39 is 6.10 Å². The largest absolute Gasteiger partial charge is 0.481 e. The van der Waals surface area contributed by atoms with Crippen molar-refractivity contribution in [2.45, 2.75) is 12.5 Å². The second-order valence-electron chi connectivity index (χ2n) is 3.40. The Hall–Kier alpha value is -1.39. The molecule has 0 saturated carbocycles. The lowest BCUT2D eigenvalue weighted by Gasteiger charge is -2.09. The lowest BCUT2D eigenvalue weighted by Crippen LogP contribution is -2.03. The smallest absolute Gasteiger partial charge is 0.213 e. The molecule has 0 spiro atoms. The summed E-state index contributed by atoms with van der Waals surface area (Å²) in [6, 6.07) is 9.39. The Bertz CT molecular complexity index is 442. The third-order valence-electron chi connectivity index (χ3n) is 2.27. The van der Waals surface area contributed by atoms with Gasteiger partial charge >= 0.3 is 0 Å². The van der Waals surface area contributed by atoms with Crippen LogP contribution in [0.2, 0.25) is 0 Å². The SMILES string of the molecule is COc1cccc(C(O)Cc2cccs2)n1. The van der Waals surface area contributed by atoms with E-state index in [4.69, 9.17) is 4.74 Å². The van der Waals surface area contributed by atoms with E-state index in [0.717, 1.165) is 4.88 Å². The van der Waals surface area contributed by atoms with Gasteiger partial charge in [-0.25, -0.2) is 4.98 Å². The number of nitrogens with zero attached hydrogens (tertiary/aromatic N) is 1. The Balaban J connectivity index is 2.11. The molecule has 2 aromatic rings. The lowest BCUT2D eigenvalue weighted by atomic mass is 10.1. The molecule has 84 valence electrons. The molecule has 0 amide bonds. The molecule has 0 aromatic carbocycles. The van der Waals surface area contributed by atoms with E-state index in [0.29, 0.717) is 18.0 Å². The minimum atomic E-state index is -0.575. The highest BCUT2D eigenvalue weighted by atomic mass is 32.1. The third kappa shape index (κ3) is 2.59. The number of methoxy groups -OCH3 is 1. The predicted molar refractivity (Wildman–Crippen MR) is 63.8 cm³/mol. The fraction of sp³-hybridized carbons (Fsp3) is 0.250. The fourth-order valence-electron chi connectivity index (χ4n) is 1.45. The van der Waals surface area contributed by atoms with Gasteiger partial charge in [0, 0.05) is 17.4 Å². The van der Waals surface area contributed by atoms with Gasteiger partial charge in [-0.3, -0.25) is 0 Å². The monoisotopic (exact) mass is 235 g/mol. The molecule has 0 aliphatic rings. The zero-order chi connectivity index (χ0) is 11.4. The van der Waals surface area contributed by atoms with Crippen molar-refractivity contribution in [2.75, 3.05) is 7.11 Å². The molecular formula is C12H13NO2S. The van der Waals surface area contributed by atoms with Crippen LogP contribution in [0, 0.1) is 0 Å². The molecule has 0 radical (unpaired) electrons. The summed E-state index contributed by atoms with van der Waals surface area (Å²) in [4.78, 5) is 5.35. The normalized spacial score (nSPS) is 12.4. The van der Waals surface area contributed by atoms with E-state index in [1.807, 2.05) is 23.6 Å². The number of aliphatic hydroxyl groups excluding tert-OH is 1. The summed E-state index contributed by atoms with van der Waals surface area (Å²) in [6.07, 6.45) is 0.0198. The molecule has 2 aromatic heterocycles. The van der Waals surface area contributed by atoms with E-state index >= 15 is 0 Å². The molecule has 1 unspecified atom stereocenters. The van der Waals surface area contributed by atoms with Crippen LogP contribution in [0.5, 0.6) is 5.88 Å². The van der Waals surface area contributed by atoms with E-state index in [1.165, 1.54) is 0 Å². The van der Waals surface area contributed by atoms with Gasteiger partial charge in [-0.1, -0.05) is 12.1 Å². The van der Waals surface area contributed by atoms with Gasteiger partial charge in [-0.05, 0) is 17.5 Å². The first-order valence-electron chi connectivity index (χ1n) is 5.01. The number of ether oxygens (including phenoxy) is 1. The summed E-state index contributed by atoms with van der Waals surface area (Å²) >= 11 is 1.64. The number of aromatic nitrogens is 1. The van der Waals surface area contributed by atoms with Crippen LogP contribution >= 0.6 is 11.3 Å². The Morgan fingerprint density at radius 1 is 1.38 bits per heavy atom. The maximum absolute atomic E-state index is 10.0. The van der Waals surface area contributed by atoms with E-state index in [2.05, 4.69) is 4.98 Å². The zero-order valence-electron chi connectivity index (χ0n) is 8.96. The summed E-state index contributed by atoms with van der Waals surface area (Å²) in [5.74, 6) is 0.530. The Labute approximate surface area is 98.4 Å². The molecular weight excluding hydrogens is 222 g/mol. The second kappa shape index (κ2) is 5.09. The van der Waals surface area contributed by atoms with E-state index in [-0.39, 0.29) is 0 Å². The van der Waals surface area contributed by atoms with Crippen molar-refractivity contribution < 1.29 is 9.84 Å². The molecule has 0 aliphatic heterocycles. The van der Waals surface area contributed by atoms with Crippen molar-refractivity contribution in [2.24, 2.45) is 0 Å². The average molecular weight is 235 g/mol. The second-order valence-corrected chi connectivity index (χ2v) is 4.44. The Morgan fingerprint density at radius 2 is 2.25 bits per heavy atom. The topological polar surface area (TPSA) is 42.4 Å². The molecule has 0 fully saturated rings. The lowest BCUT2D eigenvalue weighted by molar-refractivity contribution is 0.173. The minimum absolute atomic E-state index is 0.530. The number of hydrogen-bond donors (Lipinski definition) is 1. The van der Waals surface area contributed by atoms with Crippen molar-refractivity contribution in [3.8, 4) is 5.88 Å². The van der Waals surface area contributed by atoms with Crippen molar-refractivity contribution >= 4 is 11.3 Å². The number of hydrogen-bond acceptors (Lipinski definition) is 4. The number of thiophene rings is 1. The molecule has 3 nitrogen and oxygen atoms in total. The van der Waals surface area contributed by atoms with Crippen LogP contribution < -0.4 is 4.74 Å². The first-order chi connectivity index (χ1) is 7.79. The van der Waals surface area contributed by atoms with Gasteiger partial charge in [0.15, 0.2) is 0 Å². The summed E-state index contributed by atoms with van der Waals surface area (Å²) in [5.41, 5.74) is 0.646. The van der Waals surface area contributed by atoms with Gasteiger partial charge in [-0.2, -0.15) is 0 Å². The van der Waals surface area contributed by atoms with Crippen LogP contribution in [-0.4, -0.2) is 17.2 Å². The van der Waals surface area contributed by atoms with E-state index in [9.17, 15) is 5.11 Å². The summed E-state index contributed by atoms with van der Waals surface area (Å²) < 4.78 is 5.02. The van der Waals surface area contributed by atoms with Crippen molar-refractivity contribution in [3.63, 3.8) is 0 Å². The highest BCUT2D eigenvalue weighted by Gasteiger charge is 2.11. The highest BCUT2D eigenvalue weighted by molar-refractivity contribution is 7.09. The first-order valence-corrected chi connectivity index (χ1v) is 5.89. The molecule has 1 N–H and O–H groups in total. The van der Waals surface area contributed by atoms with Crippen molar-refractivity contribution in [1.29, 1.82) is 0 Å². The molecule has 0 aliphatic carbocycles. The molecule has 16 heavy (non-hydrogen) atoms. The van der Waals surface area contributed by atoms with Crippen LogP contribution in [0.15, 0.2) is 35.7 Å². The Kier molecular flexibility index (Phi) is 3.54. The summed E-state index contributed by atoms with van der Waals surface area (Å²) in [7, 11) is 1.57. The Morgan fingerprint density at radius 3 is 2.94 bits per heavy atom. The van der Waals surface area contributed by atoms with Gasteiger partial charge < -0.3 is 9.84 Å². The fourth-order valence-corrected chi connectivity index (χ4v) is 2.20. The molecule has 4 heteroatoms. The quantitative estimate of drug-likeness (QED) is 0.885. The molecule has 2 rings (SSSR count). The van der Waals surface area contributed by atoms with E-state index in [1.54, 1.807) is 30.6 Å². The zero-order valence-corrected chi connectivity index (χ0v) is 9.78. The van der Waals surface area contributed by atoms with Gasteiger partial charge in [0.2, 0.25) is 5.88 Å². The van der Waals surface area contributed by atoms with Gasteiger partial charge in [0.1, 0.15) is 6.10 Å². The summed E-state index contributed by atoms with van der Waals surface area (Å²) in [6.45, 7) is 0. The van der Waals surface area contributed by atoms with Crippen LogP contribution in [0.4, 0.5) is 0 Å². The van der Waals surface area contributed by atoms with Crippen molar-refractivity contribution in [3.05, 3.63) is 46.3 Å². The number of pyridine rings is 1. The van der Waals surface area contributed by atoms with Gasteiger partial charge in [0.25, 0.3) is 0 Å². The van der Waals surface area contributed by atoms with Crippen LogP contribution in [-0.2, 0) is 6.42 Å². The number of aliphatic hydroxyl groups is 1. The summed E-state index contributed by atoms with van der Waals surface area (Å²) in [5, 5.41) is 12.0. The van der Waals surface area contributed by atoms with Crippen LogP contribution in [0.25, 0.3) is 0 Å².